The van der Waals surface area contributed by atoms with E-state index in [1.807, 2.05) is 13.8 Å². The Morgan fingerprint density at radius 2 is 1.52 bits per heavy atom. The highest BCUT2D eigenvalue weighted by molar-refractivity contribution is 7.80. The normalized spacial score (nSPS) is 18.8. The van der Waals surface area contributed by atoms with E-state index >= 15 is 0 Å². The van der Waals surface area contributed by atoms with Crippen LogP contribution in [0.3, 0.4) is 0 Å². The molecule has 3 rings (SSSR count). The molecule has 20 heteroatoms. The fourth-order valence-corrected chi connectivity index (χ4v) is 5.88. The highest BCUT2D eigenvalue weighted by Crippen LogP contribution is 2.21. The lowest BCUT2D eigenvalue weighted by molar-refractivity contribution is -0.671. The van der Waals surface area contributed by atoms with Crippen molar-refractivity contribution in [1.82, 2.24) is 25.8 Å². The van der Waals surface area contributed by atoms with Crippen LogP contribution in [0.5, 0.6) is 0 Å². The van der Waals surface area contributed by atoms with E-state index in [-0.39, 0.29) is 31.1 Å². The molecule has 5 atom stereocenters. The van der Waals surface area contributed by atoms with Gasteiger partial charge >= 0.3 is 0 Å². The largest absolute Gasteiger partial charge is 0.726 e. The monoisotopic (exact) mass is 754 g/mol. The smallest absolute Gasteiger partial charge is 0.260 e. The number of pyridine rings is 1. The van der Waals surface area contributed by atoms with E-state index in [4.69, 9.17) is 11.5 Å². The van der Waals surface area contributed by atoms with Crippen LogP contribution in [0.1, 0.15) is 76.1 Å². The van der Waals surface area contributed by atoms with Crippen LogP contribution in [0.25, 0.3) is 0 Å². The summed E-state index contributed by atoms with van der Waals surface area (Å²) in [5.41, 5.74) is 11.2. The Hall–Kier alpha value is -4.69. The molecule has 2 fully saturated rings. The number of nitrogens with zero attached hydrogens (tertiary/aromatic N) is 3. The molecule has 0 saturated carbocycles. The molecule has 3 heterocycles. The van der Waals surface area contributed by atoms with E-state index < -0.39 is 76.1 Å². The van der Waals surface area contributed by atoms with E-state index in [0.29, 0.717) is 44.3 Å². The second kappa shape index (κ2) is 19.8. The van der Waals surface area contributed by atoms with Gasteiger partial charge in [-0.1, -0.05) is 13.8 Å². The predicted octanol–water partition coefficient (Wildman–Crippen LogP) is -2.53. The van der Waals surface area contributed by atoms with Crippen LogP contribution in [-0.2, 0) is 50.4 Å². The Labute approximate surface area is 303 Å². The van der Waals surface area contributed by atoms with Crippen LogP contribution in [-0.4, -0.2) is 115 Å². The second-order valence-electron chi connectivity index (χ2n) is 13.1. The third-order valence-electron chi connectivity index (χ3n) is 8.46. The van der Waals surface area contributed by atoms with Crippen molar-refractivity contribution in [2.75, 3.05) is 20.2 Å². The Balaban J connectivity index is 0.00000143. The van der Waals surface area contributed by atoms with Crippen molar-refractivity contribution in [3.05, 3.63) is 30.1 Å². The number of nitrogens with two attached hydrogens (primary N) is 2. The zero-order valence-electron chi connectivity index (χ0n) is 30.0. The Morgan fingerprint density at radius 1 is 0.942 bits per heavy atom. The number of primary amides is 2. The molecule has 0 unspecified atom stereocenters. The summed E-state index contributed by atoms with van der Waals surface area (Å²) in [5, 5.41) is 7.90. The highest BCUT2D eigenvalue weighted by atomic mass is 32.3. The molecule has 0 aliphatic carbocycles. The second-order valence-corrected chi connectivity index (χ2v) is 14.2. The van der Waals surface area contributed by atoms with Gasteiger partial charge in [-0.15, -0.1) is 0 Å². The first-order valence-corrected chi connectivity index (χ1v) is 18.2. The lowest BCUT2D eigenvalue weighted by atomic mass is 10.0. The lowest BCUT2D eigenvalue weighted by Crippen LogP contribution is -2.58. The van der Waals surface area contributed by atoms with E-state index in [2.05, 4.69) is 20.1 Å². The number of carbonyl (C=O) groups is 7. The molecule has 7 N–H and O–H groups in total. The van der Waals surface area contributed by atoms with E-state index in [1.54, 1.807) is 36.1 Å². The zero-order valence-corrected chi connectivity index (χ0v) is 30.8. The number of aryl methyl sites for hydroxylation is 1. The molecule has 7 amide bonds. The summed E-state index contributed by atoms with van der Waals surface area (Å²) in [6, 6.07) is -1.50. The maximum Gasteiger partial charge on any atom is 0.260 e. The van der Waals surface area contributed by atoms with Crippen molar-refractivity contribution in [1.29, 1.82) is 0 Å². The minimum atomic E-state index is -4.41. The molecule has 19 nitrogen and oxygen atoms in total. The summed E-state index contributed by atoms with van der Waals surface area (Å²) in [4.78, 5) is 92.9. The van der Waals surface area contributed by atoms with Crippen molar-refractivity contribution in [3.8, 4) is 0 Å². The van der Waals surface area contributed by atoms with Crippen molar-refractivity contribution in [2.24, 2.45) is 24.4 Å². The van der Waals surface area contributed by atoms with Gasteiger partial charge in [-0.3, -0.25) is 37.7 Å². The minimum Gasteiger partial charge on any atom is -0.726 e. The fraction of sp³-hybridized carbons (Fsp3) is 0.625. The van der Waals surface area contributed by atoms with Crippen molar-refractivity contribution < 1.29 is 55.3 Å². The number of amides is 7. The zero-order chi connectivity index (χ0) is 39.3. The maximum atomic E-state index is 13.5. The average molecular weight is 755 g/mol. The number of hydrogen-bond donors (Lipinski definition) is 5. The molecule has 2 aliphatic rings. The third kappa shape index (κ3) is 13.5. The molecule has 0 bridgehead atoms. The van der Waals surface area contributed by atoms with Crippen molar-refractivity contribution in [3.63, 3.8) is 0 Å². The Kier molecular flexibility index (Phi) is 16.5. The molecule has 1 aromatic heterocycles. The first kappa shape index (κ1) is 43.5. The SMILES string of the molecule is CC(C)C[C@H](NC(=O)[C@H](CCC(N)=O)NC(=O)[C@H](C)NC(=O)[C@@H]1CCCN1C(=O)c1ccc[n+](C)c1)C(=O)N1CCC[C@H]1C(N)=O.COS(=O)(=O)[O-]. The molecule has 0 spiro atoms. The van der Waals surface area contributed by atoms with Gasteiger partial charge in [0.2, 0.25) is 45.8 Å². The predicted molar refractivity (Wildman–Crippen MR) is 182 cm³/mol. The van der Waals surface area contributed by atoms with Gasteiger partial charge in [0.15, 0.2) is 12.4 Å². The summed E-state index contributed by atoms with van der Waals surface area (Å²) in [7, 11) is -1.82. The first-order valence-electron chi connectivity index (χ1n) is 16.8. The molecule has 52 heavy (non-hydrogen) atoms. The average Bonchev–Trinajstić information content (AvgIpc) is 3.76. The maximum absolute atomic E-state index is 13.5. The van der Waals surface area contributed by atoms with Crippen molar-refractivity contribution >= 4 is 51.7 Å². The molecule has 290 valence electrons. The van der Waals surface area contributed by atoms with Crippen LogP contribution in [0, 0.1) is 5.92 Å². The van der Waals surface area contributed by atoms with Crippen LogP contribution < -0.4 is 32.0 Å². The van der Waals surface area contributed by atoms with Gasteiger partial charge in [0.25, 0.3) is 5.91 Å². The lowest BCUT2D eigenvalue weighted by Gasteiger charge is -2.30. The Morgan fingerprint density at radius 3 is 2.06 bits per heavy atom. The van der Waals surface area contributed by atoms with Gasteiger partial charge < -0.3 is 41.8 Å². The molecule has 2 saturated heterocycles. The molecule has 0 aromatic carbocycles. The van der Waals surface area contributed by atoms with Gasteiger partial charge in [0, 0.05) is 25.6 Å². The van der Waals surface area contributed by atoms with Gasteiger partial charge in [-0.2, -0.15) is 0 Å². The number of likely N-dealkylation sites (tertiary alicyclic amines) is 2. The third-order valence-corrected chi connectivity index (χ3v) is 8.87. The quantitative estimate of drug-likeness (QED) is 0.0707. The molecule has 0 radical (unpaired) electrons. The van der Waals surface area contributed by atoms with Crippen LogP contribution >= 0.6 is 0 Å². The minimum absolute atomic E-state index is 0.00974. The van der Waals surface area contributed by atoms with E-state index in [1.165, 1.54) is 16.7 Å². The van der Waals surface area contributed by atoms with Crippen LogP contribution in [0.2, 0.25) is 0 Å². The fourth-order valence-electron chi connectivity index (χ4n) is 5.88. The molecule has 1 aromatic rings. The van der Waals surface area contributed by atoms with Crippen molar-refractivity contribution in [2.45, 2.75) is 95.9 Å². The van der Waals surface area contributed by atoms with Crippen LogP contribution in [0.4, 0.5) is 0 Å². The van der Waals surface area contributed by atoms with E-state index in [0.717, 1.165) is 7.11 Å². The number of carbonyl (C=O) groups excluding carboxylic acids is 7. The van der Waals surface area contributed by atoms with Crippen LogP contribution in [0.15, 0.2) is 24.5 Å². The number of nitrogens with one attached hydrogen (secondary N) is 3. The van der Waals surface area contributed by atoms with Gasteiger partial charge in [-0.05, 0) is 57.4 Å². The number of aromatic nitrogens is 1. The highest BCUT2D eigenvalue weighted by Gasteiger charge is 2.39. The standard InChI is InChI=1S/C31H46N8O7.CH4O4S/c1-18(2)16-22(31(46)38-14-6-9-23(38)26(33)41)36-28(43)21(11-12-25(32)40)35-27(42)19(3)34-29(44)24-10-7-15-39(24)30(45)20-8-5-13-37(4)17-20;1-5-6(2,3)4/h5,8,13,17-19,21-24H,6-7,9-12,14-16H2,1-4H3,(H6-,32,33,34,35,36,40,41,42,43,44);1H3,(H,2,3,4)/t19-,21-,22-,23-,24-;/m0./s1. The van der Waals surface area contributed by atoms with Gasteiger partial charge in [0.1, 0.15) is 42.8 Å². The molecular weight excluding hydrogens is 704 g/mol. The first-order chi connectivity index (χ1) is 24.2. The number of hydrogen-bond acceptors (Lipinski definition) is 11. The summed E-state index contributed by atoms with van der Waals surface area (Å²) in [5.74, 6) is -4.01. The number of rotatable bonds is 15. The Bertz CT molecular complexity index is 1590. The topological polar surface area (TPSA) is 284 Å². The summed E-state index contributed by atoms with van der Waals surface area (Å²) in [6.07, 6.45) is 5.41. The summed E-state index contributed by atoms with van der Waals surface area (Å²) >= 11 is 0. The summed E-state index contributed by atoms with van der Waals surface area (Å²) < 4.78 is 32.8. The van der Waals surface area contributed by atoms with Gasteiger partial charge in [-0.25, -0.2) is 13.0 Å². The molecular formula is C32H50N8O11S. The van der Waals surface area contributed by atoms with E-state index in [9.17, 15) is 46.5 Å². The van der Waals surface area contributed by atoms with Gasteiger partial charge in [0.05, 0.1) is 7.11 Å². The molecule has 2 aliphatic heterocycles. The summed E-state index contributed by atoms with van der Waals surface area (Å²) in [6.45, 7) is 5.90.